The van der Waals surface area contributed by atoms with Crippen molar-refractivity contribution in [2.75, 3.05) is 11.7 Å². The van der Waals surface area contributed by atoms with Gasteiger partial charge in [0.15, 0.2) is 0 Å². The molecular formula is C13H17N3O. The quantitative estimate of drug-likeness (QED) is 0.792. The van der Waals surface area contributed by atoms with Gasteiger partial charge in [0.1, 0.15) is 5.75 Å². The van der Waals surface area contributed by atoms with E-state index in [2.05, 4.69) is 17.5 Å². The van der Waals surface area contributed by atoms with Crippen LogP contribution in [0.15, 0.2) is 41.6 Å². The van der Waals surface area contributed by atoms with Gasteiger partial charge >= 0.3 is 0 Å². The zero-order valence-corrected chi connectivity index (χ0v) is 9.97. The molecule has 0 fully saturated rings. The van der Waals surface area contributed by atoms with Gasteiger partial charge in [0, 0.05) is 6.20 Å². The molecule has 2 rings (SSSR count). The Balaban J connectivity index is 1.93. The van der Waals surface area contributed by atoms with Crippen LogP contribution in [0.2, 0.25) is 0 Å². The topological polar surface area (TPSA) is 36.9 Å². The number of unbranched alkanes of at least 4 members (excludes halogenated alkanes) is 1. The van der Waals surface area contributed by atoms with E-state index in [1.165, 1.54) is 0 Å². The van der Waals surface area contributed by atoms with E-state index in [0.29, 0.717) is 0 Å². The Hall–Kier alpha value is -1.97. The van der Waals surface area contributed by atoms with Crippen LogP contribution >= 0.6 is 0 Å². The Morgan fingerprint density at radius 3 is 2.76 bits per heavy atom. The van der Waals surface area contributed by atoms with Crippen LogP contribution in [0, 0.1) is 0 Å². The second-order valence-electron chi connectivity index (χ2n) is 3.76. The molecule has 1 aliphatic heterocycles. The lowest BCUT2D eigenvalue weighted by molar-refractivity contribution is 0.309. The number of anilines is 1. The first-order valence-electron chi connectivity index (χ1n) is 5.88. The lowest BCUT2D eigenvalue weighted by Crippen LogP contribution is -2.30. The van der Waals surface area contributed by atoms with Crippen molar-refractivity contribution in [2.24, 2.45) is 5.10 Å². The monoisotopic (exact) mass is 231 g/mol. The van der Waals surface area contributed by atoms with E-state index in [-0.39, 0.29) is 0 Å². The van der Waals surface area contributed by atoms with Gasteiger partial charge in [0.05, 0.1) is 18.5 Å². The molecule has 0 saturated heterocycles. The Kier molecular flexibility index (Phi) is 4.02. The third kappa shape index (κ3) is 3.24. The summed E-state index contributed by atoms with van der Waals surface area (Å²) in [7, 11) is 0. The average Bonchev–Trinajstić information content (AvgIpc) is 2.41. The summed E-state index contributed by atoms with van der Waals surface area (Å²) in [6.07, 6.45) is 7.65. The van der Waals surface area contributed by atoms with E-state index < -0.39 is 0 Å². The minimum Gasteiger partial charge on any atom is -0.494 e. The van der Waals surface area contributed by atoms with Gasteiger partial charge in [-0.15, -0.1) is 0 Å². The van der Waals surface area contributed by atoms with Gasteiger partial charge in [-0.3, -0.25) is 5.43 Å². The highest BCUT2D eigenvalue weighted by molar-refractivity contribution is 5.73. The zero-order valence-electron chi connectivity index (χ0n) is 9.97. The van der Waals surface area contributed by atoms with Gasteiger partial charge in [-0.25, -0.2) is 0 Å². The first-order valence-corrected chi connectivity index (χ1v) is 5.88. The minimum atomic E-state index is 0.776. The number of hydrogen-bond donors (Lipinski definition) is 1. The van der Waals surface area contributed by atoms with Crippen LogP contribution in [0.1, 0.15) is 19.8 Å². The molecule has 1 aromatic carbocycles. The Morgan fingerprint density at radius 1 is 1.29 bits per heavy atom. The highest BCUT2D eigenvalue weighted by Crippen LogP contribution is 2.19. The molecule has 0 radical (unpaired) electrons. The maximum atomic E-state index is 5.60. The molecule has 1 aromatic rings. The summed E-state index contributed by atoms with van der Waals surface area (Å²) in [6.45, 7) is 2.93. The van der Waals surface area contributed by atoms with E-state index in [0.717, 1.165) is 30.9 Å². The second-order valence-corrected chi connectivity index (χ2v) is 3.76. The Labute approximate surface area is 102 Å². The van der Waals surface area contributed by atoms with E-state index in [1.54, 1.807) is 11.3 Å². The van der Waals surface area contributed by atoms with Crippen LogP contribution in [-0.4, -0.2) is 12.8 Å². The molecule has 0 aromatic heterocycles. The molecule has 90 valence electrons. The summed E-state index contributed by atoms with van der Waals surface area (Å²) in [6, 6.07) is 7.87. The summed E-state index contributed by atoms with van der Waals surface area (Å²) in [5.74, 6) is 0.902. The molecule has 1 heterocycles. The Morgan fingerprint density at radius 2 is 2.12 bits per heavy atom. The number of rotatable bonds is 5. The largest absolute Gasteiger partial charge is 0.494 e. The molecular weight excluding hydrogens is 214 g/mol. The van der Waals surface area contributed by atoms with Crippen LogP contribution in [0.4, 0.5) is 5.69 Å². The van der Waals surface area contributed by atoms with Crippen molar-refractivity contribution < 1.29 is 4.74 Å². The third-order valence-electron chi connectivity index (χ3n) is 2.41. The molecule has 0 spiro atoms. The van der Waals surface area contributed by atoms with E-state index >= 15 is 0 Å². The second kappa shape index (κ2) is 5.94. The smallest absolute Gasteiger partial charge is 0.119 e. The predicted octanol–water partition coefficient (Wildman–Crippen LogP) is 2.69. The minimum absolute atomic E-state index is 0.776. The summed E-state index contributed by atoms with van der Waals surface area (Å²) in [5, 5.41) is 5.88. The summed E-state index contributed by atoms with van der Waals surface area (Å²) in [4.78, 5) is 0. The normalized spacial score (nSPS) is 13.6. The molecule has 4 heteroatoms. The number of nitrogens with zero attached hydrogens (tertiary/aromatic N) is 2. The molecule has 0 aliphatic carbocycles. The molecule has 0 unspecified atom stereocenters. The fraction of sp³-hybridized carbons (Fsp3) is 0.308. The molecule has 1 aliphatic rings. The predicted molar refractivity (Wildman–Crippen MR) is 70.1 cm³/mol. The van der Waals surface area contributed by atoms with Crippen molar-refractivity contribution in [3.8, 4) is 5.75 Å². The van der Waals surface area contributed by atoms with Gasteiger partial charge in [-0.1, -0.05) is 13.3 Å². The van der Waals surface area contributed by atoms with E-state index in [9.17, 15) is 0 Å². The first-order chi connectivity index (χ1) is 8.40. The number of ether oxygens (including phenoxy) is 1. The highest BCUT2D eigenvalue weighted by atomic mass is 16.5. The van der Waals surface area contributed by atoms with Crippen molar-refractivity contribution in [1.82, 2.24) is 5.43 Å². The van der Waals surface area contributed by atoms with E-state index in [4.69, 9.17) is 4.74 Å². The molecule has 17 heavy (non-hydrogen) atoms. The summed E-state index contributed by atoms with van der Waals surface area (Å²) in [5.41, 5.74) is 4.00. The standard InChI is InChI=1S/C13H17N3O/c1-2-3-11-17-13-7-5-12(6-8-13)16-14-9-4-10-15-16/h4-10,14H,2-3,11H2,1H3. The SMILES string of the molecule is CCCCOc1ccc(N2N=CC=CN2)cc1. The van der Waals surface area contributed by atoms with Gasteiger partial charge in [0.2, 0.25) is 0 Å². The van der Waals surface area contributed by atoms with Crippen LogP contribution in [0.25, 0.3) is 0 Å². The van der Waals surface area contributed by atoms with Crippen LogP contribution in [-0.2, 0) is 0 Å². The van der Waals surface area contributed by atoms with Crippen molar-refractivity contribution in [3.05, 3.63) is 36.5 Å². The number of hydrogen-bond acceptors (Lipinski definition) is 4. The van der Waals surface area contributed by atoms with Gasteiger partial charge in [-0.05, 0) is 36.8 Å². The van der Waals surface area contributed by atoms with Crippen LogP contribution < -0.4 is 15.3 Å². The van der Waals surface area contributed by atoms with Gasteiger partial charge < -0.3 is 4.74 Å². The van der Waals surface area contributed by atoms with Crippen molar-refractivity contribution in [1.29, 1.82) is 0 Å². The highest BCUT2D eigenvalue weighted by Gasteiger charge is 2.03. The maximum absolute atomic E-state index is 5.60. The van der Waals surface area contributed by atoms with Crippen LogP contribution in [0.3, 0.4) is 0 Å². The Bertz CT molecular complexity index is 398. The number of hydrazine groups is 1. The van der Waals surface area contributed by atoms with E-state index in [1.807, 2.05) is 36.5 Å². The molecule has 4 nitrogen and oxygen atoms in total. The number of nitrogens with one attached hydrogen (secondary N) is 1. The molecule has 0 amide bonds. The molecule has 1 N–H and O–H groups in total. The van der Waals surface area contributed by atoms with Gasteiger partial charge in [-0.2, -0.15) is 10.2 Å². The van der Waals surface area contributed by atoms with Crippen molar-refractivity contribution in [2.45, 2.75) is 19.8 Å². The van der Waals surface area contributed by atoms with Gasteiger partial charge in [0.25, 0.3) is 0 Å². The summed E-state index contributed by atoms with van der Waals surface area (Å²) >= 11 is 0. The summed E-state index contributed by atoms with van der Waals surface area (Å²) < 4.78 is 5.60. The zero-order chi connectivity index (χ0) is 11.9. The third-order valence-corrected chi connectivity index (χ3v) is 2.41. The van der Waals surface area contributed by atoms with Crippen molar-refractivity contribution >= 4 is 11.9 Å². The first kappa shape index (κ1) is 11.5. The molecule has 0 saturated carbocycles. The van der Waals surface area contributed by atoms with Crippen LogP contribution in [0.5, 0.6) is 5.75 Å². The number of benzene rings is 1. The molecule has 0 atom stereocenters. The maximum Gasteiger partial charge on any atom is 0.119 e. The number of hydrazone groups is 1. The lowest BCUT2D eigenvalue weighted by Gasteiger charge is -2.20. The molecule has 0 bridgehead atoms. The fourth-order valence-corrected chi connectivity index (χ4v) is 1.45. The average molecular weight is 231 g/mol. The number of allylic oxidation sites excluding steroid dienone is 1. The lowest BCUT2D eigenvalue weighted by atomic mass is 10.3. The fourth-order valence-electron chi connectivity index (χ4n) is 1.45. The van der Waals surface area contributed by atoms with Crippen molar-refractivity contribution in [3.63, 3.8) is 0 Å².